The molecule has 4 nitrogen and oxygen atoms in total. The molecular weight excluding hydrogens is 194 g/mol. The first-order valence-electron chi connectivity index (χ1n) is 5.78. The van der Waals surface area contributed by atoms with E-state index in [0.717, 1.165) is 25.7 Å². The van der Waals surface area contributed by atoms with Crippen molar-refractivity contribution in [3.05, 3.63) is 0 Å². The lowest BCUT2D eigenvalue weighted by Crippen LogP contribution is -2.33. The Kier molecular flexibility index (Phi) is 3.72. The predicted molar refractivity (Wildman–Crippen MR) is 55.5 cm³/mol. The number of ketones is 1. The first-order valence-corrected chi connectivity index (χ1v) is 5.78. The van der Waals surface area contributed by atoms with E-state index in [-0.39, 0.29) is 23.9 Å². The molecule has 15 heavy (non-hydrogen) atoms. The summed E-state index contributed by atoms with van der Waals surface area (Å²) in [4.78, 5) is 12.0. The molecule has 0 spiro atoms. The fourth-order valence-corrected chi connectivity index (χ4v) is 2.33. The van der Waals surface area contributed by atoms with Gasteiger partial charge >= 0.3 is 0 Å². The maximum atomic E-state index is 12.0. The fraction of sp³-hybridized carbons (Fsp3) is 0.909. The van der Waals surface area contributed by atoms with Crippen molar-refractivity contribution in [3.8, 4) is 0 Å². The molecule has 0 saturated carbocycles. The van der Waals surface area contributed by atoms with Crippen molar-refractivity contribution in [1.29, 1.82) is 0 Å². The Morgan fingerprint density at radius 1 is 1.20 bits per heavy atom. The Morgan fingerprint density at radius 3 is 2.53 bits per heavy atom. The van der Waals surface area contributed by atoms with Crippen molar-refractivity contribution in [2.45, 2.75) is 37.9 Å². The number of carbonyl (C=O) groups is 1. The van der Waals surface area contributed by atoms with Gasteiger partial charge in [-0.2, -0.15) is 0 Å². The molecular formula is C11H19NO3. The normalized spacial score (nSPS) is 33.1. The van der Waals surface area contributed by atoms with E-state index in [1.165, 1.54) is 0 Å². The van der Waals surface area contributed by atoms with Crippen LogP contribution >= 0.6 is 0 Å². The Hall–Kier alpha value is -0.450. The van der Waals surface area contributed by atoms with Gasteiger partial charge in [-0.1, -0.05) is 0 Å². The lowest BCUT2D eigenvalue weighted by atomic mass is 9.91. The minimum atomic E-state index is -0.193. The molecule has 0 aromatic carbocycles. The van der Waals surface area contributed by atoms with Crippen LogP contribution < -0.4 is 5.73 Å². The summed E-state index contributed by atoms with van der Waals surface area (Å²) in [6.07, 6.45) is 3.38. The summed E-state index contributed by atoms with van der Waals surface area (Å²) in [7, 11) is 0. The topological polar surface area (TPSA) is 61.6 Å². The second-order valence-corrected chi connectivity index (χ2v) is 4.35. The minimum Gasteiger partial charge on any atom is -0.381 e. The molecule has 2 heterocycles. The fourth-order valence-electron chi connectivity index (χ4n) is 2.33. The number of nitrogens with two attached hydrogens (primary N) is 1. The summed E-state index contributed by atoms with van der Waals surface area (Å²) < 4.78 is 10.9. The molecule has 0 amide bonds. The van der Waals surface area contributed by atoms with Gasteiger partial charge in [0.15, 0.2) is 5.78 Å². The van der Waals surface area contributed by atoms with Crippen LogP contribution in [0, 0.1) is 5.92 Å². The van der Waals surface area contributed by atoms with Crippen LogP contribution in [0.25, 0.3) is 0 Å². The quantitative estimate of drug-likeness (QED) is 0.741. The Bertz CT molecular complexity index is 226. The smallest absolute Gasteiger partial charge is 0.164 e. The van der Waals surface area contributed by atoms with Gasteiger partial charge in [0, 0.05) is 25.7 Å². The van der Waals surface area contributed by atoms with Crippen molar-refractivity contribution < 1.29 is 14.3 Å². The summed E-state index contributed by atoms with van der Waals surface area (Å²) in [5.41, 5.74) is 5.52. The average Bonchev–Trinajstić information content (AvgIpc) is 2.78. The maximum Gasteiger partial charge on any atom is 0.164 e. The number of rotatable bonds is 3. The van der Waals surface area contributed by atoms with Crippen molar-refractivity contribution in [2.75, 3.05) is 19.8 Å². The second-order valence-electron chi connectivity index (χ2n) is 4.35. The van der Waals surface area contributed by atoms with E-state index < -0.39 is 0 Å². The Morgan fingerprint density at radius 2 is 1.93 bits per heavy atom. The van der Waals surface area contributed by atoms with E-state index in [0.29, 0.717) is 19.8 Å². The summed E-state index contributed by atoms with van der Waals surface area (Å²) in [6, 6.07) is 0. The third-order valence-electron chi connectivity index (χ3n) is 3.31. The van der Waals surface area contributed by atoms with Crippen LogP contribution in [0.15, 0.2) is 0 Å². The average molecular weight is 213 g/mol. The number of hydrogen-bond acceptors (Lipinski definition) is 4. The third kappa shape index (κ3) is 2.56. The van der Waals surface area contributed by atoms with Crippen LogP contribution in [-0.4, -0.2) is 37.7 Å². The van der Waals surface area contributed by atoms with Gasteiger partial charge in [0.2, 0.25) is 0 Å². The lowest BCUT2D eigenvalue weighted by molar-refractivity contribution is -0.136. The standard InChI is InChI=1S/C11H19NO3/c12-7-9-1-2-10(15-9)11(13)8-3-5-14-6-4-8/h8-10H,1-7,12H2. The van der Waals surface area contributed by atoms with Gasteiger partial charge in [-0.3, -0.25) is 4.79 Å². The first-order chi connectivity index (χ1) is 7.31. The molecule has 0 aliphatic carbocycles. The Labute approximate surface area is 90.1 Å². The molecule has 2 fully saturated rings. The SMILES string of the molecule is NCC1CCC(C(=O)C2CCOCC2)O1. The van der Waals surface area contributed by atoms with Gasteiger partial charge in [0.05, 0.1) is 6.10 Å². The summed E-state index contributed by atoms with van der Waals surface area (Å²) in [6.45, 7) is 1.95. The van der Waals surface area contributed by atoms with Crippen LogP contribution in [0.1, 0.15) is 25.7 Å². The van der Waals surface area contributed by atoms with Crippen molar-refractivity contribution in [2.24, 2.45) is 11.7 Å². The molecule has 0 bridgehead atoms. The van der Waals surface area contributed by atoms with Crippen molar-refractivity contribution in [1.82, 2.24) is 0 Å². The van der Waals surface area contributed by atoms with Crippen molar-refractivity contribution in [3.63, 3.8) is 0 Å². The second kappa shape index (κ2) is 5.05. The zero-order chi connectivity index (χ0) is 10.7. The van der Waals surface area contributed by atoms with E-state index in [2.05, 4.69) is 0 Å². The minimum absolute atomic E-state index is 0.0961. The zero-order valence-electron chi connectivity index (χ0n) is 8.98. The summed E-state index contributed by atoms with van der Waals surface area (Å²) in [5.74, 6) is 0.425. The number of ether oxygens (including phenoxy) is 2. The molecule has 0 aromatic heterocycles. The largest absolute Gasteiger partial charge is 0.381 e. The van der Waals surface area contributed by atoms with Gasteiger partial charge in [-0.15, -0.1) is 0 Å². The van der Waals surface area contributed by atoms with E-state index in [1.54, 1.807) is 0 Å². The van der Waals surface area contributed by atoms with Crippen molar-refractivity contribution >= 4 is 5.78 Å². The van der Waals surface area contributed by atoms with E-state index in [9.17, 15) is 4.79 Å². The Balaban J connectivity index is 1.85. The van der Waals surface area contributed by atoms with Gasteiger partial charge in [0.25, 0.3) is 0 Å². The summed E-state index contributed by atoms with van der Waals surface area (Å²) >= 11 is 0. The third-order valence-corrected chi connectivity index (χ3v) is 3.31. The van der Waals surface area contributed by atoms with Crippen LogP contribution in [0.5, 0.6) is 0 Å². The molecule has 2 atom stereocenters. The molecule has 2 unspecified atom stereocenters. The molecule has 86 valence electrons. The molecule has 2 rings (SSSR count). The monoisotopic (exact) mass is 213 g/mol. The van der Waals surface area contributed by atoms with E-state index in [1.807, 2.05) is 0 Å². The number of Topliss-reactive ketones (excluding diaryl/α,β-unsaturated/α-hetero) is 1. The van der Waals surface area contributed by atoms with Gasteiger partial charge < -0.3 is 15.2 Å². The lowest BCUT2D eigenvalue weighted by Gasteiger charge is -2.23. The predicted octanol–water partition coefficient (Wildman–Crippen LogP) is 0.488. The molecule has 2 saturated heterocycles. The number of hydrogen-bond donors (Lipinski definition) is 1. The zero-order valence-corrected chi connectivity index (χ0v) is 8.98. The highest BCUT2D eigenvalue weighted by Crippen LogP contribution is 2.26. The summed E-state index contributed by atoms with van der Waals surface area (Å²) in [5, 5.41) is 0. The van der Waals surface area contributed by atoms with Gasteiger partial charge in [-0.05, 0) is 25.7 Å². The van der Waals surface area contributed by atoms with E-state index >= 15 is 0 Å². The van der Waals surface area contributed by atoms with Crippen LogP contribution in [0.3, 0.4) is 0 Å². The highest BCUT2D eigenvalue weighted by molar-refractivity contribution is 5.85. The van der Waals surface area contributed by atoms with Crippen LogP contribution in [0.2, 0.25) is 0 Å². The molecule has 4 heteroatoms. The molecule has 0 aromatic rings. The molecule has 2 aliphatic rings. The highest BCUT2D eigenvalue weighted by Gasteiger charge is 2.34. The maximum absolute atomic E-state index is 12.0. The number of carbonyl (C=O) groups excluding carboxylic acids is 1. The van der Waals surface area contributed by atoms with Crippen LogP contribution in [-0.2, 0) is 14.3 Å². The van der Waals surface area contributed by atoms with E-state index in [4.69, 9.17) is 15.2 Å². The molecule has 2 aliphatic heterocycles. The first kappa shape index (κ1) is 11.0. The van der Waals surface area contributed by atoms with Gasteiger partial charge in [0.1, 0.15) is 6.10 Å². The van der Waals surface area contributed by atoms with Crippen LogP contribution in [0.4, 0.5) is 0 Å². The highest BCUT2D eigenvalue weighted by atomic mass is 16.5. The molecule has 2 N–H and O–H groups in total. The molecule has 0 radical (unpaired) electrons. The van der Waals surface area contributed by atoms with Gasteiger partial charge in [-0.25, -0.2) is 0 Å².